The number of hydrogen-bond donors (Lipinski definition) is 0. The smallest absolute Gasteiger partial charge is 0.292 e. The van der Waals surface area contributed by atoms with Crippen molar-refractivity contribution in [2.45, 2.75) is 19.3 Å². The molecule has 0 saturated carbocycles. The minimum atomic E-state index is -0.534. The highest BCUT2D eigenvalue weighted by molar-refractivity contribution is 5.63. The number of piperidine rings is 1. The van der Waals surface area contributed by atoms with Gasteiger partial charge in [0.15, 0.2) is 11.4 Å². The third-order valence-electron chi connectivity index (χ3n) is 2.87. The highest BCUT2D eigenvalue weighted by Gasteiger charge is 2.23. The van der Waals surface area contributed by atoms with Gasteiger partial charge in [0, 0.05) is 25.4 Å². The molecule has 0 atom stereocenters. The second-order valence-corrected chi connectivity index (χ2v) is 3.95. The molecule has 17 heavy (non-hydrogen) atoms. The van der Waals surface area contributed by atoms with Gasteiger partial charge < -0.3 is 4.90 Å². The fourth-order valence-electron chi connectivity index (χ4n) is 2.05. The number of aromatic nitrogens is 1. The number of nitro groups is 1. The summed E-state index contributed by atoms with van der Waals surface area (Å²) in [4.78, 5) is 16.4. The summed E-state index contributed by atoms with van der Waals surface area (Å²) >= 11 is 0. The molecular formula is C11H12N4O2. The van der Waals surface area contributed by atoms with E-state index in [1.807, 2.05) is 11.0 Å². The second-order valence-electron chi connectivity index (χ2n) is 3.95. The molecule has 0 N–H and O–H groups in total. The molecule has 1 aliphatic rings. The van der Waals surface area contributed by atoms with Gasteiger partial charge in [0.25, 0.3) is 5.69 Å². The molecule has 0 unspecified atom stereocenters. The summed E-state index contributed by atoms with van der Waals surface area (Å²) in [6.45, 7) is 1.62. The van der Waals surface area contributed by atoms with E-state index in [1.165, 1.54) is 12.3 Å². The molecule has 0 radical (unpaired) electrons. The zero-order chi connectivity index (χ0) is 12.3. The van der Waals surface area contributed by atoms with Gasteiger partial charge in [0.05, 0.1) is 4.92 Å². The molecule has 0 aliphatic carbocycles. The predicted molar refractivity (Wildman–Crippen MR) is 61.7 cm³/mol. The first-order valence-corrected chi connectivity index (χ1v) is 5.52. The lowest BCUT2D eigenvalue weighted by Crippen LogP contribution is -2.31. The van der Waals surface area contributed by atoms with E-state index in [0.717, 1.165) is 32.4 Å². The van der Waals surface area contributed by atoms with E-state index in [-0.39, 0.29) is 11.3 Å². The zero-order valence-corrected chi connectivity index (χ0v) is 9.30. The number of nitriles is 1. The summed E-state index contributed by atoms with van der Waals surface area (Å²) in [7, 11) is 0. The minimum absolute atomic E-state index is 0.0689. The molecule has 88 valence electrons. The molecule has 2 heterocycles. The quantitative estimate of drug-likeness (QED) is 0.574. The van der Waals surface area contributed by atoms with Crippen LogP contribution in [0.5, 0.6) is 0 Å². The summed E-state index contributed by atoms with van der Waals surface area (Å²) in [5.41, 5.74) is -0.0949. The second kappa shape index (κ2) is 4.78. The molecule has 1 fully saturated rings. The summed E-state index contributed by atoms with van der Waals surface area (Å²) in [6, 6.07) is 3.17. The molecule has 0 bridgehead atoms. The Labute approximate surface area is 98.6 Å². The predicted octanol–water partition coefficient (Wildman–Crippen LogP) is 1.85. The van der Waals surface area contributed by atoms with E-state index >= 15 is 0 Å². The normalized spacial score (nSPS) is 15.4. The summed E-state index contributed by atoms with van der Waals surface area (Å²) < 4.78 is 0. The molecule has 6 heteroatoms. The highest BCUT2D eigenvalue weighted by Crippen LogP contribution is 2.27. The van der Waals surface area contributed by atoms with E-state index in [0.29, 0.717) is 5.82 Å². The van der Waals surface area contributed by atoms with Crippen LogP contribution in [0, 0.1) is 21.4 Å². The Morgan fingerprint density at radius 3 is 2.71 bits per heavy atom. The fourth-order valence-corrected chi connectivity index (χ4v) is 2.05. The first-order valence-electron chi connectivity index (χ1n) is 5.52. The van der Waals surface area contributed by atoms with Crippen molar-refractivity contribution in [3.63, 3.8) is 0 Å². The maximum atomic E-state index is 10.8. The number of nitrogens with zero attached hydrogens (tertiary/aromatic N) is 4. The van der Waals surface area contributed by atoms with E-state index in [9.17, 15) is 10.1 Å². The Hall–Kier alpha value is -2.16. The number of anilines is 1. The van der Waals surface area contributed by atoms with Crippen LogP contribution in [0.25, 0.3) is 0 Å². The number of hydrogen-bond acceptors (Lipinski definition) is 5. The standard InChI is InChI=1S/C11H12N4O2/c12-8-9-10(15(16)17)4-5-13-11(9)14-6-2-1-3-7-14/h4-5H,1-3,6-7H2. The van der Waals surface area contributed by atoms with Crippen LogP contribution in [-0.4, -0.2) is 23.0 Å². The summed E-state index contributed by atoms with van der Waals surface area (Å²) in [5, 5.41) is 19.9. The summed E-state index contributed by atoms with van der Waals surface area (Å²) in [6.07, 6.45) is 4.63. The van der Waals surface area contributed by atoms with Crippen molar-refractivity contribution >= 4 is 11.5 Å². The third-order valence-corrected chi connectivity index (χ3v) is 2.87. The lowest BCUT2D eigenvalue weighted by molar-refractivity contribution is -0.385. The summed E-state index contributed by atoms with van der Waals surface area (Å²) in [5.74, 6) is 0.446. The molecule has 0 spiro atoms. The van der Waals surface area contributed by atoms with Crippen LogP contribution < -0.4 is 4.90 Å². The SMILES string of the molecule is N#Cc1c([N+](=O)[O-])ccnc1N1CCCCC1. The van der Waals surface area contributed by atoms with Crippen LogP contribution in [0.3, 0.4) is 0 Å². The topological polar surface area (TPSA) is 83.1 Å². The Morgan fingerprint density at radius 2 is 2.12 bits per heavy atom. The maximum Gasteiger partial charge on any atom is 0.292 e. The van der Waals surface area contributed by atoms with Gasteiger partial charge in [0.1, 0.15) is 6.07 Å². The average molecular weight is 232 g/mol. The van der Waals surface area contributed by atoms with Crippen molar-refractivity contribution in [3.8, 4) is 6.07 Å². The van der Waals surface area contributed by atoms with Gasteiger partial charge in [-0.1, -0.05) is 0 Å². The largest absolute Gasteiger partial charge is 0.355 e. The lowest BCUT2D eigenvalue weighted by atomic mass is 10.1. The number of pyridine rings is 1. The van der Waals surface area contributed by atoms with Gasteiger partial charge in [-0.15, -0.1) is 0 Å². The van der Waals surface area contributed by atoms with Crippen molar-refractivity contribution in [2.75, 3.05) is 18.0 Å². The Kier molecular flexibility index (Phi) is 3.19. The van der Waals surface area contributed by atoms with E-state index in [1.54, 1.807) is 0 Å². The van der Waals surface area contributed by atoms with Crippen LogP contribution >= 0.6 is 0 Å². The van der Waals surface area contributed by atoms with E-state index in [2.05, 4.69) is 4.98 Å². The fraction of sp³-hybridized carbons (Fsp3) is 0.455. The minimum Gasteiger partial charge on any atom is -0.355 e. The molecule has 1 aromatic rings. The van der Waals surface area contributed by atoms with Gasteiger partial charge in [-0.05, 0) is 19.3 Å². The van der Waals surface area contributed by atoms with Gasteiger partial charge in [0.2, 0.25) is 0 Å². The zero-order valence-electron chi connectivity index (χ0n) is 9.30. The van der Waals surface area contributed by atoms with Gasteiger partial charge in [-0.25, -0.2) is 4.98 Å². The molecule has 0 aromatic carbocycles. The molecule has 1 aliphatic heterocycles. The lowest BCUT2D eigenvalue weighted by Gasteiger charge is -2.27. The highest BCUT2D eigenvalue weighted by atomic mass is 16.6. The molecule has 1 aromatic heterocycles. The van der Waals surface area contributed by atoms with Crippen molar-refractivity contribution in [3.05, 3.63) is 27.9 Å². The number of rotatable bonds is 2. The van der Waals surface area contributed by atoms with Crippen LogP contribution in [0.1, 0.15) is 24.8 Å². The van der Waals surface area contributed by atoms with Crippen molar-refractivity contribution in [1.82, 2.24) is 4.98 Å². The van der Waals surface area contributed by atoms with Gasteiger partial charge in [-0.3, -0.25) is 10.1 Å². The van der Waals surface area contributed by atoms with Crippen molar-refractivity contribution in [1.29, 1.82) is 5.26 Å². The first-order chi connectivity index (χ1) is 8.24. The van der Waals surface area contributed by atoms with E-state index in [4.69, 9.17) is 5.26 Å². The van der Waals surface area contributed by atoms with E-state index < -0.39 is 4.92 Å². The van der Waals surface area contributed by atoms with Crippen molar-refractivity contribution < 1.29 is 4.92 Å². The molecule has 6 nitrogen and oxygen atoms in total. The monoisotopic (exact) mass is 232 g/mol. The average Bonchev–Trinajstić information content (AvgIpc) is 2.38. The molecule has 2 rings (SSSR count). The van der Waals surface area contributed by atoms with Crippen LogP contribution in [-0.2, 0) is 0 Å². The Morgan fingerprint density at radius 1 is 1.41 bits per heavy atom. The van der Waals surface area contributed by atoms with Gasteiger partial charge >= 0.3 is 0 Å². The molecular weight excluding hydrogens is 220 g/mol. The molecule has 1 saturated heterocycles. The third kappa shape index (κ3) is 2.18. The Balaban J connectivity index is 2.43. The molecule has 0 amide bonds. The Bertz CT molecular complexity index is 475. The van der Waals surface area contributed by atoms with Gasteiger partial charge in [-0.2, -0.15) is 5.26 Å². The van der Waals surface area contributed by atoms with Crippen LogP contribution in [0.4, 0.5) is 11.5 Å². The van der Waals surface area contributed by atoms with Crippen molar-refractivity contribution in [2.24, 2.45) is 0 Å². The van der Waals surface area contributed by atoms with Crippen LogP contribution in [0.2, 0.25) is 0 Å². The first kappa shape index (κ1) is 11.3. The van der Waals surface area contributed by atoms with Crippen LogP contribution in [0.15, 0.2) is 12.3 Å². The maximum absolute atomic E-state index is 10.8.